The molecule has 1 fully saturated rings. The Balaban J connectivity index is 1.53. The molecule has 2 N–H and O–H groups in total. The summed E-state index contributed by atoms with van der Waals surface area (Å²) in [5.74, 6) is -0.829. The van der Waals surface area contributed by atoms with Gasteiger partial charge in [-0.2, -0.15) is 0 Å². The molecule has 1 aliphatic heterocycles. The topological polar surface area (TPSA) is 77.3 Å². The van der Waals surface area contributed by atoms with Gasteiger partial charge in [0.1, 0.15) is 11.4 Å². The van der Waals surface area contributed by atoms with E-state index in [2.05, 4.69) is 15.7 Å². The SMILES string of the molecule is Cc1ccc(NC(=O)[C@@](C)(O)CSc2ccc(/N=N\N3CCCC3)cc2)cc1F. The molecular weight excluding hydrogens is 391 g/mol. The maximum absolute atomic E-state index is 13.6. The Morgan fingerprint density at radius 1 is 1.24 bits per heavy atom. The molecule has 0 bridgehead atoms. The Bertz CT molecular complexity index is 881. The van der Waals surface area contributed by atoms with E-state index in [1.165, 1.54) is 24.8 Å². The van der Waals surface area contributed by atoms with Gasteiger partial charge in [-0.25, -0.2) is 4.39 Å². The van der Waals surface area contributed by atoms with E-state index in [4.69, 9.17) is 0 Å². The van der Waals surface area contributed by atoms with Crippen LogP contribution in [0.3, 0.4) is 0 Å². The largest absolute Gasteiger partial charge is 0.379 e. The van der Waals surface area contributed by atoms with Crippen LogP contribution in [0.4, 0.5) is 15.8 Å². The van der Waals surface area contributed by atoms with Gasteiger partial charge < -0.3 is 10.4 Å². The summed E-state index contributed by atoms with van der Waals surface area (Å²) in [6, 6.07) is 11.9. The van der Waals surface area contributed by atoms with E-state index >= 15 is 0 Å². The Morgan fingerprint density at radius 2 is 1.93 bits per heavy atom. The molecule has 29 heavy (non-hydrogen) atoms. The van der Waals surface area contributed by atoms with Gasteiger partial charge in [0.25, 0.3) is 5.91 Å². The van der Waals surface area contributed by atoms with Gasteiger partial charge in [0.05, 0.1) is 5.69 Å². The predicted octanol–water partition coefficient (Wildman–Crippen LogP) is 4.71. The second-order valence-corrected chi connectivity index (χ2v) is 8.37. The fourth-order valence-corrected chi connectivity index (χ4v) is 3.65. The first kappa shape index (κ1) is 21.3. The van der Waals surface area contributed by atoms with E-state index in [-0.39, 0.29) is 5.75 Å². The van der Waals surface area contributed by atoms with Crippen molar-refractivity contribution in [1.82, 2.24) is 5.01 Å². The molecule has 0 aromatic heterocycles. The molecule has 2 aromatic carbocycles. The Labute approximate surface area is 174 Å². The third-order valence-electron chi connectivity index (χ3n) is 4.64. The number of amides is 1. The highest BCUT2D eigenvalue weighted by molar-refractivity contribution is 7.99. The first-order chi connectivity index (χ1) is 13.8. The van der Waals surface area contributed by atoms with Crippen molar-refractivity contribution in [1.29, 1.82) is 0 Å². The van der Waals surface area contributed by atoms with Gasteiger partial charge in [-0.3, -0.25) is 9.80 Å². The molecule has 1 amide bonds. The highest BCUT2D eigenvalue weighted by Gasteiger charge is 2.30. The molecule has 8 heteroatoms. The molecule has 3 rings (SSSR count). The lowest BCUT2D eigenvalue weighted by molar-refractivity contribution is -0.130. The number of rotatable bonds is 7. The van der Waals surface area contributed by atoms with Crippen LogP contribution in [0.15, 0.2) is 57.7 Å². The number of halogens is 1. The van der Waals surface area contributed by atoms with Crippen molar-refractivity contribution in [2.24, 2.45) is 10.3 Å². The van der Waals surface area contributed by atoms with Crippen molar-refractivity contribution < 1.29 is 14.3 Å². The summed E-state index contributed by atoms with van der Waals surface area (Å²) < 4.78 is 13.6. The van der Waals surface area contributed by atoms with Crippen LogP contribution in [-0.2, 0) is 4.79 Å². The molecule has 0 saturated carbocycles. The van der Waals surface area contributed by atoms with Crippen LogP contribution < -0.4 is 5.32 Å². The van der Waals surface area contributed by atoms with Gasteiger partial charge in [-0.05, 0) is 68.7 Å². The zero-order chi connectivity index (χ0) is 20.9. The molecule has 6 nitrogen and oxygen atoms in total. The summed E-state index contributed by atoms with van der Waals surface area (Å²) in [6.07, 6.45) is 2.31. The lowest BCUT2D eigenvalue weighted by Gasteiger charge is -2.22. The Kier molecular flexibility index (Phi) is 6.87. The van der Waals surface area contributed by atoms with Crippen molar-refractivity contribution in [2.45, 2.75) is 37.2 Å². The summed E-state index contributed by atoms with van der Waals surface area (Å²) in [7, 11) is 0. The van der Waals surface area contributed by atoms with E-state index in [1.54, 1.807) is 19.1 Å². The molecule has 1 atom stereocenters. The first-order valence-corrected chi connectivity index (χ1v) is 10.5. The molecule has 0 spiro atoms. The van der Waals surface area contributed by atoms with Crippen LogP contribution in [0, 0.1) is 12.7 Å². The molecule has 2 aromatic rings. The summed E-state index contributed by atoms with van der Waals surface area (Å²) in [5, 5.41) is 23.5. The normalized spacial score (nSPS) is 16.2. The van der Waals surface area contributed by atoms with Crippen LogP contribution in [0.25, 0.3) is 0 Å². The van der Waals surface area contributed by atoms with E-state index in [9.17, 15) is 14.3 Å². The number of benzene rings is 2. The number of hydrogen-bond acceptors (Lipinski definition) is 5. The van der Waals surface area contributed by atoms with Gasteiger partial charge in [0, 0.05) is 29.4 Å². The zero-order valence-electron chi connectivity index (χ0n) is 16.6. The number of aryl methyl sites for hydroxylation is 1. The van der Waals surface area contributed by atoms with Gasteiger partial charge in [-0.1, -0.05) is 11.3 Å². The number of nitrogens with zero attached hydrogens (tertiary/aromatic N) is 3. The highest BCUT2D eigenvalue weighted by Crippen LogP contribution is 2.26. The number of carbonyl (C=O) groups excluding carboxylic acids is 1. The van der Waals surface area contributed by atoms with Gasteiger partial charge in [-0.15, -0.1) is 16.9 Å². The molecule has 154 valence electrons. The number of nitrogens with one attached hydrogen (secondary N) is 1. The predicted molar refractivity (Wildman–Crippen MR) is 113 cm³/mol. The minimum atomic E-state index is -1.61. The molecule has 0 unspecified atom stereocenters. The van der Waals surface area contributed by atoms with Crippen molar-refractivity contribution in [2.75, 3.05) is 24.2 Å². The van der Waals surface area contributed by atoms with Crippen molar-refractivity contribution in [3.63, 3.8) is 0 Å². The van der Waals surface area contributed by atoms with Crippen LogP contribution in [-0.4, -0.2) is 40.5 Å². The van der Waals surface area contributed by atoms with E-state index < -0.39 is 17.3 Å². The summed E-state index contributed by atoms with van der Waals surface area (Å²) in [5.41, 5.74) is -0.0443. The third-order valence-corrected chi connectivity index (χ3v) is 5.96. The zero-order valence-corrected chi connectivity index (χ0v) is 17.4. The second-order valence-electron chi connectivity index (χ2n) is 7.32. The van der Waals surface area contributed by atoms with Crippen molar-refractivity contribution in [3.8, 4) is 0 Å². The summed E-state index contributed by atoms with van der Waals surface area (Å²) >= 11 is 1.36. The minimum Gasteiger partial charge on any atom is -0.379 e. The van der Waals surface area contributed by atoms with Gasteiger partial charge in [0.2, 0.25) is 0 Å². The molecule has 1 saturated heterocycles. The van der Waals surface area contributed by atoms with Crippen molar-refractivity contribution in [3.05, 3.63) is 53.8 Å². The smallest absolute Gasteiger partial charge is 0.256 e. The monoisotopic (exact) mass is 416 g/mol. The first-order valence-electron chi connectivity index (χ1n) is 9.53. The van der Waals surface area contributed by atoms with Crippen LogP contribution in [0.1, 0.15) is 25.3 Å². The second kappa shape index (κ2) is 9.37. The molecular formula is C21H25FN4O2S. The molecule has 1 aliphatic rings. The molecule has 0 radical (unpaired) electrons. The minimum absolute atomic E-state index is 0.155. The lowest BCUT2D eigenvalue weighted by atomic mass is 10.1. The fraction of sp³-hybridized carbons (Fsp3) is 0.381. The summed E-state index contributed by atoms with van der Waals surface area (Å²) in [4.78, 5) is 13.3. The Hall–Kier alpha value is -2.45. The average molecular weight is 417 g/mol. The Morgan fingerprint density at radius 3 is 2.59 bits per heavy atom. The third kappa shape index (κ3) is 6.01. The maximum atomic E-state index is 13.6. The number of carbonyl (C=O) groups is 1. The number of thioether (sulfide) groups is 1. The number of hydrogen-bond donors (Lipinski definition) is 2. The van der Waals surface area contributed by atoms with Crippen LogP contribution in [0.5, 0.6) is 0 Å². The standard InChI is InChI=1S/C21H25FN4O2S/c1-15-5-6-17(13-19(15)22)23-20(27)21(2,28)14-29-18-9-7-16(8-10-18)24-25-26-11-3-4-12-26/h5-10,13,28H,3-4,11-12,14H2,1-2H3,(H,23,27)/b25-24-/t21-/m0/s1. The van der Waals surface area contributed by atoms with Gasteiger partial charge in [0.15, 0.2) is 0 Å². The van der Waals surface area contributed by atoms with Gasteiger partial charge >= 0.3 is 0 Å². The van der Waals surface area contributed by atoms with Crippen molar-refractivity contribution >= 4 is 29.0 Å². The van der Waals surface area contributed by atoms with Crippen LogP contribution in [0.2, 0.25) is 0 Å². The average Bonchev–Trinajstić information content (AvgIpc) is 3.22. The summed E-state index contributed by atoms with van der Waals surface area (Å²) in [6.45, 7) is 4.99. The van der Waals surface area contributed by atoms with E-state index in [1.807, 2.05) is 29.3 Å². The quantitative estimate of drug-likeness (QED) is 0.506. The number of anilines is 1. The fourth-order valence-electron chi connectivity index (χ4n) is 2.74. The molecule has 0 aliphatic carbocycles. The van der Waals surface area contributed by atoms with Crippen LogP contribution >= 0.6 is 11.8 Å². The van der Waals surface area contributed by atoms with E-state index in [0.29, 0.717) is 11.3 Å². The molecule has 1 heterocycles. The van der Waals surface area contributed by atoms with E-state index in [0.717, 1.165) is 36.5 Å². The highest BCUT2D eigenvalue weighted by atomic mass is 32.2. The number of aliphatic hydroxyl groups is 1. The maximum Gasteiger partial charge on any atom is 0.256 e. The lowest BCUT2D eigenvalue weighted by Crippen LogP contribution is -2.42.